The molecule has 2 aromatic heterocycles. The minimum atomic E-state index is -0.254. The number of carbonyl (C=O) groups excluding carboxylic acids is 1. The lowest BCUT2D eigenvalue weighted by Crippen LogP contribution is -2.24. The molecule has 0 radical (unpaired) electrons. The van der Waals surface area contributed by atoms with E-state index in [4.69, 9.17) is 14.4 Å². The molecule has 0 aliphatic heterocycles. The summed E-state index contributed by atoms with van der Waals surface area (Å²) in [5.41, 5.74) is 1.65. The Bertz CT molecular complexity index is 1200. The minimum absolute atomic E-state index is 0.146. The van der Waals surface area contributed by atoms with Crippen LogP contribution in [0.15, 0.2) is 77.3 Å². The summed E-state index contributed by atoms with van der Waals surface area (Å²) < 4.78 is 13.4. The molecule has 4 rings (SSSR count). The van der Waals surface area contributed by atoms with Crippen LogP contribution >= 0.6 is 0 Å². The van der Waals surface area contributed by atoms with Crippen molar-refractivity contribution in [3.8, 4) is 11.8 Å². The minimum Gasteiger partial charge on any atom is -0.484 e. The molecule has 0 bridgehead atoms. The monoisotopic (exact) mass is 399 g/mol. The van der Waals surface area contributed by atoms with Crippen LogP contribution in [-0.2, 0) is 13.2 Å². The number of nitrogens with one attached hydrogen (secondary N) is 1. The number of aryl methyl sites for hydroxylation is 1. The number of carbonyl (C=O) groups is 1. The maximum absolute atomic E-state index is 12.3. The van der Waals surface area contributed by atoms with Crippen molar-refractivity contribution >= 4 is 16.8 Å². The van der Waals surface area contributed by atoms with Crippen molar-refractivity contribution in [2.45, 2.75) is 19.6 Å². The molecule has 0 unspecified atom stereocenters. The molecule has 4 aromatic rings. The molecule has 30 heavy (non-hydrogen) atoms. The van der Waals surface area contributed by atoms with Crippen LogP contribution < -0.4 is 10.1 Å². The van der Waals surface area contributed by atoms with Crippen molar-refractivity contribution in [1.29, 1.82) is 5.26 Å². The van der Waals surface area contributed by atoms with Gasteiger partial charge in [0.05, 0.1) is 5.56 Å². The number of ether oxygens (including phenoxy) is 1. The third kappa shape index (κ3) is 4.36. The highest BCUT2D eigenvalue weighted by atomic mass is 16.5. The Morgan fingerprint density at radius 2 is 1.90 bits per heavy atom. The molecular formula is C24H21N3O3. The fraction of sp³-hybridized carbons (Fsp3) is 0.167. The topological polar surface area (TPSA) is 80.2 Å². The number of fused-ring (bicyclic) bond motifs is 1. The highest BCUT2D eigenvalue weighted by Gasteiger charge is 2.12. The number of amides is 1. The molecule has 0 atom stereocenters. The lowest BCUT2D eigenvalue weighted by Gasteiger charge is -2.07. The Labute approximate surface area is 174 Å². The molecule has 0 saturated heterocycles. The second-order valence-corrected chi connectivity index (χ2v) is 6.84. The number of para-hydroxylation sites is 2. The highest BCUT2D eigenvalue weighted by Crippen LogP contribution is 2.19. The van der Waals surface area contributed by atoms with Gasteiger partial charge in [0, 0.05) is 24.8 Å². The number of furan rings is 1. The van der Waals surface area contributed by atoms with Crippen LogP contribution in [0.5, 0.6) is 5.75 Å². The number of rotatable bonds is 8. The second kappa shape index (κ2) is 9.01. The van der Waals surface area contributed by atoms with Gasteiger partial charge in [-0.05, 0) is 48.2 Å². The lowest BCUT2D eigenvalue weighted by molar-refractivity contribution is 0.0921. The van der Waals surface area contributed by atoms with E-state index < -0.39 is 0 Å². The van der Waals surface area contributed by atoms with Gasteiger partial charge in [-0.3, -0.25) is 4.79 Å². The molecule has 0 fully saturated rings. The van der Waals surface area contributed by atoms with Gasteiger partial charge < -0.3 is 19.0 Å². The third-order valence-corrected chi connectivity index (χ3v) is 4.80. The Kier molecular flexibility index (Phi) is 5.81. The van der Waals surface area contributed by atoms with Crippen LogP contribution in [-0.4, -0.2) is 17.0 Å². The summed E-state index contributed by atoms with van der Waals surface area (Å²) in [4.78, 5) is 12.3. The molecule has 0 spiro atoms. The zero-order valence-corrected chi connectivity index (χ0v) is 16.4. The first-order valence-corrected chi connectivity index (χ1v) is 9.77. The van der Waals surface area contributed by atoms with E-state index in [0.717, 1.165) is 13.0 Å². The molecule has 150 valence electrons. The van der Waals surface area contributed by atoms with Gasteiger partial charge in [-0.2, -0.15) is 5.26 Å². The van der Waals surface area contributed by atoms with Crippen LogP contribution in [0.1, 0.15) is 28.3 Å². The average molecular weight is 399 g/mol. The Morgan fingerprint density at radius 1 is 1.07 bits per heavy atom. The van der Waals surface area contributed by atoms with E-state index >= 15 is 0 Å². The molecule has 6 heteroatoms. The SMILES string of the molecule is N#Cc1ccccc1OCc1ccc(C(=O)NCCCn2ccc3ccccc32)o1. The fourth-order valence-corrected chi connectivity index (χ4v) is 3.29. The summed E-state index contributed by atoms with van der Waals surface area (Å²) in [6.07, 6.45) is 2.88. The van der Waals surface area contributed by atoms with E-state index in [9.17, 15) is 4.79 Å². The first-order valence-electron chi connectivity index (χ1n) is 9.77. The third-order valence-electron chi connectivity index (χ3n) is 4.80. The molecule has 2 aromatic carbocycles. The molecule has 0 aliphatic carbocycles. The molecule has 1 amide bonds. The number of aromatic nitrogens is 1. The Hall–Kier alpha value is -3.98. The highest BCUT2D eigenvalue weighted by molar-refractivity contribution is 5.91. The van der Waals surface area contributed by atoms with Gasteiger partial charge in [-0.15, -0.1) is 0 Å². The summed E-state index contributed by atoms with van der Waals surface area (Å²) in [7, 11) is 0. The van der Waals surface area contributed by atoms with E-state index in [1.54, 1.807) is 36.4 Å². The van der Waals surface area contributed by atoms with E-state index in [1.165, 1.54) is 10.9 Å². The summed E-state index contributed by atoms with van der Waals surface area (Å²) in [6.45, 7) is 1.52. The predicted molar refractivity (Wildman–Crippen MR) is 113 cm³/mol. The van der Waals surface area contributed by atoms with Crippen molar-refractivity contribution in [3.05, 3.63) is 90.0 Å². The van der Waals surface area contributed by atoms with Crippen LogP contribution in [0.2, 0.25) is 0 Å². The van der Waals surface area contributed by atoms with Crippen LogP contribution in [0, 0.1) is 11.3 Å². The van der Waals surface area contributed by atoms with Gasteiger partial charge >= 0.3 is 0 Å². The van der Waals surface area contributed by atoms with E-state index in [2.05, 4.69) is 40.3 Å². The number of nitriles is 1. The molecular weight excluding hydrogens is 378 g/mol. The van der Waals surface area contributed by atoms with E-state index in [-0.39, 0.29) is 18.3 Å². The van der Waals surface area contributed by atoms with Crippen LogP contribution in [0.3, 0.4) is 0 Å². The van der Waals surface area contributed by atoms with E-state index in [1.807, 2.05) is 12.1 Å². The van der Waals surface area contributed by atoms with Crippen molar-refractivity contribution in [2.75, 3.05) is 6.54 Å². The number of benzene rings is 2. The van der Waals surface area contributed by atoms with Gasteiger partial charge in [0.25, 0.3) is 5.91 Å². The first-order chi connectivity index (χ1) is 14.7. The molecule has 2 heterocycles. The summed E-state index contributed by atoms with van der Waals surface area (Å²) >= 11 is 0. The Morgan fingerprint density at radius 3 is 2.80 bits per heavy atom. The fourth-order valence-electron chi connectivity index (χ4n) is 3.29. The van der Waals surface area contributed by atoms with Crippen molar-refractivity contribution < 1.29 is 13.9 Å². The van der Waals surface area contributed by atoms with Gasteiger partial charge in [0.15, 0.2) is 5.76 Å². The zero-order valence-electron chi connectivity index (χ0n) is 16.4. The number of hydrogen-bond donors (Lipinski definition) is 1. The smallest absolute Gasteiger partial charge is 0.286 e. The van der Waals surface area contributed by atoms with Gasteiger partial charge in [0.1, 0.15) is 24.2 Å². The summed E-state index contributed by atoms with van der Waals surface area (Å²) in [5.74, 6) is 0.997. The first kappa shape index (κ1) is 19.3. The van der Waals surface area contributed by atoms with Crippen molar-refractivity contribution in [1.82, 2.24) is 9.88 Å². The number of hydrogen-bond acceptors (Lipinski definition) is 4. The van der Waals surface area contributed by atoms with Gasteiger partial charge in [0.2, 0.25) is 0 Å². The Balaban J connectivity index is 1.25. The normalized spacial score (nSPS) is 10.6. The summed E-state index contributed by atoms with van der Waals surface area (Å²) in [6, 6.07) is 22.7. The maximum Gasteiger partial charge on any atom is 0.286 e. The molecule has 0 aliphatic rings. The van der Waals surface area contributed by atoms with Crippen LogP contribution in [0.25, 0.3) is 10.9 Å². The van der Waals surface area contributed by atoms with Crippen LogP contribution in [0.4, 0.5) is 0 Å². The van der Waals surface area contributed by atoms with Crippen molar-refractivity contribution in [3.63, 3.8) is 0 Å². The van der Waals surface area contributed by atoms with Gasteiger partial charge in [-0.1, -0.05) is 30.3 Å². The quantitative estimate of drug-likeness (QED) is 0.442. The predicted octanol–water partition coefficient (Wildman–Crippen LogP) is 4.51. The number of nitrogens with zero attached hydrogens (tertiary/aromatic N) is 2. The largest absolute Gasteiger partial charge is 0.484 e. The summed E-state index contributed by atoms with van der Waals surface area (Å²) in [5, 5.41) is 13.2. The molecule has 0 saturated carbocycles. The standard InChI is InChI=1S/C24H21N3O3/c25-16-19-7-2-4-9-22(19)29-17-20-10-11-23(30-20)24(28)26-13-5-14-27-15-12-18-6-1-3-8-21(18)27/h1-4,6-12,15H,5,13-14,17H2,(H,26,28). The average Bonchev–Trinajstić information content (AvgIpc) is 3.43. The maximum atomic E-state index is 12.3. The van der Waals surface area contributed by atoms with Crippen molar-refractivity contribution in [2.24, 2.45) is 0 Å². The second-order valence-electron chi connectivity index (χ2n) is 6.84. The molecule has 1 N–H and O–H groups in total. The zero-order chi connectivity index (χ0) is 20.8. The van der Waals surface area contributed by atoms with Gasteiger partial charge in [-0.25, -0.2) is 0 Å². The lowest BCUT2D eigenvalue weighted by atomic mass is 10.2. The molecule has 6 nitrogen and oxygen atoms in total. The van der Waals surface area contributed by atoms with E-state index in [0.29, 0.717) is 23.6 Å².